The molecule has 4 nitrogen and oxygen atoms in total. The number of benzene rings is 1. The average molecular weight is 360 g/mol. The molecule has 0 spiro atoms. The Morgan fingerprint density at radius 3 is 2.88 bits per heavy atom. The molecule has 0 unspecified atom stereocenters. The Kier molecular flexibility index (Phi) is 5.80. The molecule has 2 heterocycles. The summed E-state index contributed by atoms with van der Waals surface area (Å²) in [5, 5.41) is 4.97. The van der Waals surface area contributed by atoms with Crippen molar-refractivity contribution in [3.8, 4) is 16.2 Å². The minimum atomic E-state index is 0.511. The van der Waals surface area contributed by atoms with Crippen LogP contribution in [0.25, 0.3) is 10.4 Å². The van der Waals surface area contributed by atoms with Crippen LogP contribution in [0.3, 0.4) is 0 Å². The zero-order valence-corrected chi connectivity index (χ0v) is 14.9. The lowest BCUT2D eigenvalue weighted by Gasteiger charge is -2.08. The molecule has 0 aliphatic rings. The van der Waals surface area contributed by atoms with Crippen LogP contribution in [0.5, 0.6) is 5.75 Å². The fourth-order valence-corrected chi connectivity index (χ4v) is 3.60. The first-order valence-electron chi connectivity index (χ1n) is 7.66. The predicted molar refractivity (Wildman–Crippen MR) is 98.8 cm³/mol. The van der Waals surface area contributed by atoms with E-state index in [1.807, 2.05) is 36.5 Å². The molecule has 0 saturated heterocycles. The van der Waals surface area contributed by atoms with Gasteiger partial charge in [-0.25, -0.2) is 9.97 Å². The van der Waals surface area contributed by atoms with Gasteiger partial charge in [0.2, 0.25) is 0 Å². The largest absolute Gasteiger partial charge is 0.496 e. The average Bonchev–Trinajstić information content (AvgIpc) is 3.08. The van der Waals surface area contributed by atoms with Crippen LogP contribution < -0.4 is 10.1 Å². The Hall–Kier alpha value is -1.95. The van der Waals surface area contributed by atoms with Crippen LogP contribution in [0.15, 0.2) is 48.8 Å². The molecular formula is C18H18ClN3OS. The lowest BCUT2D eigenvalue weighted by Crippen LogP contribution is -2.16. The molecular weight excluding hydrogens is 342 g/mol. The number of aromatic nitrogens is 2. The van der Waals surface area contributed by atoms with Gasteiger partial charge in [-0.05, 0) is 36.7 Å². The van der Waals surface area contributed by atoms with E-state index in [2.05, 4.69) is 21.4 Å². The van der Waals surface area contributed by atoms with E-state index in [9.17, 15) is 0 Å². The summed E-state index contributed by atoms with van der Waals surface area (Å²) in [5.41, 5.74) is 2.13. The smallest absolute Gasteiger partial charge is 0.137 e. The number of hydrogen-bond acceptors (Lipinski definition) is 5. The van der Waals surface area contributed by atoms with Crippen molar-refractivity contribution >= 4 is 22.9 Å². The van der Waals surface area contributed by atoms with E-state index in [0.29, 0.717) is 5.15 Å². The van der Waals surface area contributed by atoms with Crippen LogP contribution in [0.4, 0.5) is 0 Å². The van der Waals surface area contributed by atoms with Crippen LogP contribution in [-0.2, 0) is 13.0 Å². The number of thiazole rings is 1. The summed E-state index contributed by atoms with van der Waals surface area (Å²) in [6, 6.07) is 11.9. The summed E-state index contributed by atoms with van der Waals surface area (Å²) in [5.74, 6) is 0.932. The van der Waals surface area contributed by atoms with Gasteiger partial charge in [-0.15, -0.1) is 11.3 Å². The normalized spacial score (nSPS) is 10.8. The number of methoxy groups -OCH3 is 1. The fraction of sp³-hybridized carbons (Fsp3) is 0.222. The van der Waals surface area contributed by atoms with Crippen LogP contribution in [0.2, 0.25) is 5.15 Å². The van der Waals surface area contributed by atoms with Crippen molar-refractivity contribution in [1.29, 1.82) is 0 Å². The van der Waals surface area contributed by atoms with E-state index in [1.54, 1.807) is 24.6 Å². The molecule has 0 amide bonds. The predicted octanol–water partition coefficient (Wildman–Crippen LogP) is 4.20. The summed E-state index contributed by atoms with van der Waals surface area (Å²) in [4.78, 5) is 9.60. The maximum absolute atomic E-state index is 6.13. The molecule has 0 fully saturated rings. The molecule has 0 aliphatic heterocycles. The number of nitrogens with one attached hydrogen (secondary N) is 1. The van der Waals surface area contributed by atoms with Gasteiger partial charge in [-0.2, -0.15) is 0 Å². The minimum absolute atomic E-state index is 0.511. The zero-order chi connectivity index (χ0) is 16.8. The van der Waals surface area contributed by atoms with Crippen LogP contribution in [0, 0.1) is 0 Å². The summed E-state index contributed by atoms with van der Waals surface area (Å²) in [7, 11) is 1.70. The number of rotatable bonds is 7. The highest BCUT2D eigenvalue weighted by Crippen LogP contribution is 2.30. The van der Waals surface area contributed by atoms with E-state index < -0.39 is 0 Å². The first kappa shape index (κ1) is 16.9. The summed E-state index contributed by atoms with van der Waals surface area (Å²) < 4.78 is 5.37. The van der Waals surface area contributed by atoms with Gasteiger partial charge in [0.15, 0.2) is 0 Å². The summed E-state index contributed by atoms with van der Waals surface area (Å²) in [6.07, 6.45) is 4.45. The third kappa shape index (κ3) is 4.12. The lowest BCUT2D eigenvalue weighted by atomic mass is 10.1. The Morgan fingerprint density at radius 1 is 1.17 bits per heavy atom. The van der Waals surface area contributed by atoms with Gasteiger partial charge < -0.3 is 10.1 Å². The molecule has 6 heteroatoms. The molecule has 1 N–H and O–H groups in total. The quantitative estimate of drug-likeness (QED) is 0.507. The molecule has 0 bridgehead atoms. The zero-order valence-electron chi connectivity index (χ0n) is 13.3. The van der Waals surface area contributed by atoms with Crippen LogP contribution >= 0.6 is 22.9 Å². The third-order valence-corrected chi connectivity index (χ3v) is 4.95. The third-order valence-electron chi connectivity index (χ3n) is 3.62. The molecule has 3 aromatic rings. The molecule has 0 atom stereocenters. The Bertz CT molecular complexity index is 806. The van der Waals surface area contributed by atoms with E-state index in [1.165, 1.54) is 5.56 Å². The SMILES string of the molecule is COc1ccccc1CCNCc1ncc(-c2cccnc2Cl)s1. The van der Waals surface area contributed by atoms with Gasteiger partial charge in [-0.1, -0.05) is 29.8 Å². The summed E-state index contributed by atoms with van der Waals surface area (Å²) in [6.45, 7) is 1.60. The lowest BCUT2D eigenvalue weighted by molar-refractivity contribution is 0.409. The number of halogens is 1. The molecule has 3 rings (SSSR count). The molecule has 0 aliphatic carbocycles. The van der Waals surface area contributed by atoms with Gasteiger partial charge in [-0.3, -0.25) is 0 Å². The van der Waals surface area contributed by atoms with Crippen molar-refractivity contribution < 1.29 is 4.74 Å². The van der Waals surface area contributed by atoms with Crippen molar-refractivity contribution in [2.45, 2.75) is 13.0 Å². The topological polar surface area (TPSA) is 47.0 Å². The number of para-hydroxylation sites is 1. The second-order valence-corrected chi connectivity index (χ2v) is 6.67. The van der Waals surface area contributed by atoms with E-state index in [-0.39, 0.29) is 0 Å². The molecule has 2 aromatic heterocycles. The number of pyridine rings is 1. The number of ether oxygens (including phenoxy) is 1. The highest BCUT2D eigenvalue weighted by Gasteiger charge is 2.08. The van der Waals surface area contributed by atoms with Gasteiger partial charge >= 0.3 is 0 Å². The maximum atomic E-state index is 6.13. The first-order chi connectivity index (χ1) is 11.8. The van der Waals surface area contributed by atoms with Gasteiger partial charge in [0.05, 0.1) is 12.0 Å². The van der Waals surface area contributed by atoms with Gasteiger partial charge in [0.25, 0.3) is 0 Å². The molecule has 1 aromatic carbocycles. The first-order valence-corrected chi connectivity index (χ1v) is 8.85. The van der Waals surface area contributed by atoms with E-state index in [4.69, 9.17) is 16.3 Å². The second kappa shape index (κ2) is 8.24. The van der Waals surface area contributed by atoms with E-state index in [0.717, 1.165) is 40.7 Å². The molecule has 0 saturated carbocycles. The van der Waals surface area contributed by atoms with Crippen LogP contribution in [0.1, 0.15) is 10.6 Å². The van der Waals surface area contributed by atoms with Crippen molar-refractivity contribution in [3.63, 3.8) is 0 Å². The monoisotopic (exact) mass is 359 g/mol. The Balaban J connectivity index is 1.54. The number of hydrogen-bond donors (Lipinski definition) is 1. The van der Waals surface area contributed by atoms with Crippen molar-refractivity contribution in [3.05, 3.63) is 64.5 Å². The minimum Gasteiger partial charge on any atom is -0.496 e. The van der Waals surface area contributed by atoms with Crippen LogP contribution in [-0.4, -0.2) is 23.6 Å². The standard InChI is InChI=1S/C18H18ClN3OS/c1-23-15-7-3-2-5-13(15)8-10-20-12-17-22-11-16(24-17)14-6-4-9-21-18(14)19/h2-7,9,11,20H,8,10,12H2,1H3. The van der Waals surface area contributed by atoms with Gasteiger partial charge in [0, 0.05) is 24.5 Å². The highest BCUT2D eigenvalue weighted by atomic mass is 35.5. The van der Waals surface area contributed by atoms with E-state index >= 15 is 0 Å². The van der Waals surface area contributed by atoms with Crippen molar-refractivity contribution in [2.75, 3.05) is 13.7 Å². The Morgan fingerprint density at radius 2 is 2.04 bits per heavy atom. The van der Waals surface area contributed by atoms with Crippen molar-refractivity contribution in [1.82, 2.24) is 15.3 Å². The molecule has 124 valence electrons. The fourth-order valence-electron chi connectivity index (χ4n) is 2.41. The Labute approximate surface area is 150 Å². The molecule has 24 heavy (non-hydrogen) atoms. The van der Waals surface area contributed by atoms with Gasteiger partial charge in [0.1, 0.15) is 15.9 Å². The molecule has 0 radical (unpaired) electrons. The maximum Gasteiger partial charge on any atom is 0.137 e. The highest BCUT2D eigenvalue weighted by molar-refractivity contribution is 7.15. The summed E-state index contributed by atoms with van der Waals surface area (Å²) >= 11 is 7.76. The van der Waals surface area contributed by atoms with Crippen molar-refractivity contribution in [2.24, 2.45) is 0 Å². The number of nitrogens with zero attached hydrogens (tertiary/aromatic N) is 2. The second-order valence-electron chi connectivity index (χ2n) is 5.20.